The van der Waals surface area contributed by atoms with E-state index in [0.29, 0.717) is 18.3 Å². The summed E-state index contributed by atoms with van der Waals surface area (Å²) in [5.74, 6) is -1.59. The SMILES string of the molecule is C[C@@H](N1CC[C@H](Oc2cnc(C(C)(C)O)cn2)[C@H](F)C1)[C@](O)(Cn1cnnn1)c1ccc(F)cc1F. The minimum absolute atomic E-state index is 0.109. The number of aliphatic hydroxyl groups is 2. The van der Waals surface area contributed by atoms with Gasteiger partial charge in [0, 0.05) is 37.2 Å². The van der Waals surface area contributed by atoms with E-state index < -0.39 is 41.2 Å². The second-order valence-electron chi connectivity index (χ2n) is 9.49. The average Bonchev–Trinajstić information content (AvgIpc) is 3.32. The van der Waals surface area contributed by atoms with Gasteiger partial charge in [-0.1, -0.05) is 6.07 Å². The Kier molecular flexibility index (Phi) is 7.25. The lowest BCUT2D eigenvalue weighted by atomic mass is 9.84. The predicted molar refractivity (Wildman–Crippen MR) is 120 cm³/mol. The number of aromatic nitrogens is 6. The van der Waals surface area contributed by atoms with E-state index in [1.807, 2.05) is 0 Å². The molecule has 0 radical (unpaired) electrons. The first kappa shape index (κ1) is 25.9. The molecule has 194 valence electrons. The van der Waals surface area contributed by atoms with E-state index >= 15 is 4.39 Å². The Morgan fingerprint density at radius 1 is 1.19 bits per heavy atom. The Labute approximate surface area is 205 Å². The predicted octanol–water partition coefficient (Wildman–Crippen LogP) is 1.74. The molecule has 4 atom stereocenters. The molecule has 0 spiro atoms. The minimum Gasteiger partial charge on any atom is -0.470 e. The standard InChI is InChI=1S/C23H28F3N7O3/c1-14(23(35,12-33-13-29-30-31-33)16-5-4-15(24)8-17(16)25)32-7-6-19(18(26)11-32)36-21-10-27-20(9-28-21)22(2,3)34/h4-5,8-10,13-14,18-19,34-35H,6-7,11-12H2,1-3H3/t14-,18-,19+,23-/m1/s1. The molecule has 0 unspecified atom stereocenters. The quantitative estimate of drug-likeness (QED) is 0.469. The summed E-state index contributed by atoms with van der Waals surface area (Å²) in [7, 11) is 0. The summed E-state index contributed by atoms with van der Waals surface area (Å²) in [6.07, 6.45) is 1.96. The fourth-order valence-electron chi connectivity index (χ4n) is 4.32. The number of piperidine rings is 1. The van der Waals surface area contributed by atoms with Crippen molar-refractivity contribution in [1.82, 2.24) is 35.1 Å². The van der Waals surface area contributed by atoms with Crippen LogP contribution >= 0.6 is 0 Å². The molecule has 13 heteroatoms. The third kappa shape index (κ3) is 5.47. The van der Waals surface area contributed by atoms with Gasteiger partial charge < -0.3 is 14.9 Å². The molecule has 1 fully saturated rings. The summed E-state index contributed by atoms with van der Waals surface area (Å²) in [6.45, 7) is 4.76. The molecule has 2 aromatic heterocycles. The van der Waals surface area contributed by atoms with E-state index in [4.69, 9.17) is 4.74 Å². The Morgan fingerprint density at radius 2 is 1.97 bits per heavy atom. The number of hydrogen-bond acceptors (Lipinski definition) is 9. The first-order valence-corrected chi connectivity index (χ1v) is 11.5. The molecule has 0 amide bonds. The van der Waals surface area contributed by atoms with Crippen molar-refractivity contribution in [3.05, 3.63) is 59.8 Å². The fourth-order valence-corrected chi connectivity index (χ4v) is 4.32. The smallest absolute Gasteiger partial charge is 0.232 e. The van der Waals surface area contributed by atoms with Gasteiger partial charge in [-0.05, 0) is 37.3 Å². The first-order valence-electron chi connectivity index (χ1n) is 11.5. The summed E-state index contributed by atoms with van der Waals surface area (Å²) in [5.41, 5.74) is -2.87. The second-order valence-corrected chi connectivity index (χ2v) is 9.49. The van der Waals surface area contributed by atoms with Gasteiger partial charge >= 0.3 is 0 Å². The lowest BCUT2D eigenvalue weighted by Gasteiger charge is -2.44. The van der Waals surface area contributed by atoms with Crippen LogP contribution in [0.15, 0.2) is 36.9 Å². The highest BCUT2D eigenvalue weighted by molar-refractivity contribution is 5.27. The summed E-state index contributed by atoms with van der Waals surface area (Å²) in [6, 6.07) is 2.11. The maximum atomic E-state index is 15.2. The van der Waals surface area contributed by atoms with Gasteiger partial charge in [0.2, 0.25) is 5.88 Å². The van der Waals surface area contributed by atoms with E-state index in [0.717, 1.165) is 6.07 Å². The van der Waals surface area contributed by atoms with Crippen LogP contribution in [0.2, 0.25) is 0 Å². The fraction of sp³-hybridized carbons (Fsp3) is 0.522. The van der Waals surface area contributed by atoms with E-state index in [9.17, 15) is 19.0 Å². The molecular weight excluding hydrogens is 479 g/mol. The third-order valence-corrected chi connectivity index (χ3v) is 6.47. The van der Waals surface area contributed by atoms with E-state index in [-0.39, 0.29) is 31.0 Å². The van der Waals surface area contributed by atoms with Gasteiger partial charge in [0.15, 0.2) is 0 Å². The summed E-state index contributed by atoms with van der Waals surface area (Å²) in [5, 5.41) is 32.6. The first-order chi connectivity index (χ1) is 17.0. The van der Waals surface area contributed by atoms with Crippen molar-refractivity contribution in [3.63, 3.8) is 0 Å². The van der Waals surface area contributed by atoms with Gasteiger partial charge in [-0.3, -0.25) is 9.88 Å². The lowest BCUT2D eigenvalue weighted by Crippen LogP contribution is -2.57. The molecule has 1 saturated heterocycles. The van der Waals surface area contributed by atoms with E-state index in [1.54, 1.807) is 25.7 Å². The van der Waals surface area contributed by atoms with Gasteiger partial charge in [0.05, 0.1) is 24.6 Å². The summed E-state index contributed by atoms with van der Waals surface area (Å²) >= 11 is 0. The molecule has 1 aromatic carbocycles. The number of alkyl halides is 1. The maximum absolute atomic E-state index is 15.2. The molecule has 4 rings (SSSR count). The molecule has 3 aromatic rings. The van der Waals surface area contributed by atoms with E-state index in [2.05, 4.69) is 25.5 Å². The van der Waals surface area contributed by atoms with Crippen LogP contribution in [0.4, 0.5) is 13.2 Å². The largest absolute Gasteiger partial charge is 0.470 e. The summed E-state index contributed by atoms with van der Waals surface area (Å²) in [4.78, 5) is 9.90. The van der Waals surface area contributed by atoms with Crippen molar-refractivity contribution < 1.29 is 28.1 Å². The number of tetrazole rings is 1. The number of ether oxygens (including phenoxy) is 1. The van der Waals surface area contributed by atoms with Crippen LogP contribution in [0.1, 0.15) is 38.4 Å². The number of hydrogen-bond donors (Lipinski definition) is 2. The van der Waals surface area contributed by atoms with Crippen LogP contribution in [0.3, 0.4) is 0 Å². The third-order valence-electron chi connectivity index (χ3n) is 6.47. The van der Waals surface area contributed by atoms with Gasteiger partial charge in [-0.2, -0.15) is 0 Å². The maximum Gasteiger partial charge on any atom is 0.232 e. The molecule has 0 aliphatic carbocycles. The van der Waals surface area contributed by atoms with Crippen molar-refractivity contribution in [2.75, 3.05) is 13.1 Å². The zero-order chi connectivity index (χ0) is 26.1. The van der Waals surface area contributed by atoms with Crippen molar-refractivity contribution >= 4 is 0 Å². The zero-order valence-electron chi connectivity index (χ0n) is 20.1. The highest BCUT2D eigenvalue weighted by Crippen LogP contribution is 2.34. The number of benzene rings is 1. The molecular formula is C23H28F3N7O3. The van der Waals surface area contributed by atoms with Crippen LogP contribution in [0.5, 0.6) is 5.88 Å². The number of rotatable bonds is 8. The molecule has 36 heavy (non-hydrogen) atoms. The van der Waals surface area contributed by atoms with Crippen LogP contribution < -0.4 is 4.74 Å². The van der Waals surface area contributed by atoms with Gasteiger partial charge in [0.1, 0.15) is 41.4 Å². The van der Waals surface area contributed by atoms with Crippen LogP contribution in [-0.2, 0) is 17.7 Å². The topological polar surface area (TPSA) is 122 Å². The van der Waals surface area contributed by atoms with Crippen LogP contribution in [0, 0.1) is 11.6 Å². The Balaban J connectivity index is 1.50. The highest BCUT2D eigenvalue weighted by atomic mass is 19.1. The van der Waals surface area contributed by atoms with Crippen molar-refractivity contribution in [2.45, 2.75) is 63.3 Å². The van der Waals surface area contributed by atoms with Gasteiger partial charge in [-0.25, -0.2) is 22.8 Å². The molecule has 1 aliphatic heterocycles. The lowest BCUT2D eigenvalue weighted by molar-refractivity contribution is -0.0884. The molecule has 2 N–H and O–H groups in total. The molecule has 0 bridgehead atoms. The molecule has 3 heterocycles. The average molecular weight is 508 g/mol. The monoisotopic (exact) mass is 507 g/mol. The Hall–Kier alpha value is -3.16. The van der Waals surface area contributed by atoms with Crippen molar-refractivity contribution in [1.29, 1.82) is 0 Å². The Morgan fingerprint density at radius 3 is 2.56 bits per heavy atom. The molecule has 10 nitrogen and oxygen atoms in total. The van der Waals surface area contributed by atoms with Crippen LogP contribution in [0.25, 0.3) is 0 Å². The van der Waals surface area contributed by atoms with Crippen LogP contribution in [-0.4, -0.2) is 76.7 Å². The van der Waals surface area contributed by atoms with E-state index in [1.165, 1.54) is 29.5 Å². The number of likely N-dealkylation sites (tertiary alicyclic amines) is 1. The minimum atomic E-state index is -1.90. The molecule has 1 aliphatic rings. The highest BCUT2D eigenvalue weighted by Gasteiger charge is 2.45. The normalized spacial score (nSPS) is 21.7. The van der Waals surface area contributed by atoms with Gasteiger partial charge in [0.25, 0.3) is 0 Å². The van der Waals surface area contributed by atoms with Crippen molar-refractivity contribution in [2.24, 2.45) is 0 Å². The van der Waals surface area contributed by atoms with Crippen molar-refractivity contribution in [3.8, 4) is 5.88 Å². The number of halogens is 3. The number of nitrogens with zero attached hydrogens (tertiary/aromatic N) is 7. The molecule has 0 saturated carbocycles. The second kappa shape index (κ2) is 10.1. The zero-order valence-corrected chi connectivity index (χ0v) is 20.1. The summed E-state index contributed by atoms with van der Waals surface area (Å²) < 4.78 is 50.5. The Bertz CT molecular complexity index is 1160. The van der Waals surface area contributed by atoms with Gasteiger partial charge in [-0.15, -0.1) is 5.10 Å².